The van der Waals surface area contributed by atoms with E-state index in [1.807, 2.05) is 12.1 Å². The number of nitrogens with zero attached hydrogens (tertiary/aromatic N) is 2. The number of rotatable bonds is 4. The molecule has 0 saturated carbocycles. The van der Waals surface area contributed by atoms with Crippen LogP contribution in [0.15, 0.2) is 40.5 Å². The molecule has 0 aromatic heterocycles. The molecule has 0 unspecified atom stereocenters. The monoisotopic (exact) mass is 326 g/mol. The van der Waals surface area contributed by atoms with E-state index >= 15 is 0 Å². The average molecular weight is 326 g/mol. The molecular formula is C19H16F2N2O. The number of hydrogen-bond acceptors (Lipinski definition) is 3. The Kier molecular flexibility index (Phi) is 4.89. The van der Waals surface area contributed by atoms with Crippen LogP contribution in [0.1, 0.15) is 45.5 Å². The van der Waals surface area contributed by atoms with Crippen molar-refractivity contribution in [2.45, 2.75) is 25.7 Å². The molecule has 0 radical (unpaired) electrons. The zero-order valence-corrected chi connectivity index (χ0v) is 13.0. The number of hydrogen-bond donors (Lipinski definition) is 0. The largest absolute Gasteiger partial charge is 0.298 e. The van der Waals surface area contributed by atoms with Gasteiger partial charge in [0.2, 0.25) is 0 Å². The van der Waals surface area contributed by atoms with Crippen LogP contribution in [0, 0.1) is 11.6 Å². The minimum absolute atomic E-state index is 0.0506. The van der Waals surface area contributed by atoms with Crippen LogP contribution in [0.3, 0.4) is 0 Å². The van der Waals surface area contributed by atoms with Gasteiger partial charge in [-0.25, -0.2) is 8.78 Å². The first-order chi connectivity index (χ1) is 11.7. The quantitative estimate of drug-likeness (QED) is 0.473. The van der Waals surface area contributed by atoms with Gasteiger partial charge in [-0.15, -0.1) is 0 Å². The number of aldehydes is 1. The summed E-state index contributed by atoms with van der Waals surface area (Å²) in [6, 6.07) is 8.60. The molecule has 0 atom stereocenters. The van der Waals surface area contributed by atoms with Gasteiger partial charge in [-0.2, -0.15) is 10.2 Å². The summed E-state index contributed by atoms with van der Waals surface area (Å²) >= 11 is 0. The number of carbonyl (C=O) groups is 1. The van der Waals surface area contributed by atoms with Crippen molar-refractivity contribution in [1.29, 1.82) is 0 Å². The van der Waals surface area contributed by atoms with E-state index in [0.717, 1.165) is 31.0 Å². The lowest BCUT2D eigenvalue weighted by Crippen LogP contribution is -2.05. The third kappa shape index (κ3) is 3.30. The fraction of sp³-hybridized carbons (Fsp3) is 0.211. The van der Waals surface area contributed by atoms with Crippen LogP contribution in [-0.2, 0) is 12.8 Å². The summed E-state index contributed by atoms with van der Waals surface area (Å²) in [6.45, 7) is 0. The molecule has 3 nitrogen and oxygen atoms in total. The van der Waals surface area contributed by atoms with E-state index < -0.39 is 11.6 Å². The van der Waals surface area contributed by atoms with Crippen LogP contribution in [-0.4, -0.2) is 18.7 Å². The average Bonchev–Trinajstić information content (AvgIpc) is 2.62. The smallest absolute Gasteiger partial charge is 0.169 e. The molecule has 0 N–H and O–H groups in total. The molecule has 0 heterocycles. The van der Waals surface area contributed by atoms with Crippen LogP contribution in [0.4, 0.5) is 8.78 Å². The molecule has 2 aromatic carbocycles. The van der Waals surface area contributed by atoms with Crippen LogP contribution in [0.5, 0.6) is 0 Å². The van der Waals surface area contributed by atoms with Gasteiger partial charge in [-0.3, -0.25) is 4.79 Å². The molecule has 24 heavy (non-hydrogen) atoms. The minimum atomic E-state index is -1.17. The Morgan fingerprint density at radius 1 is 0.833 bits per heavy atom. The lowest BCUT2D eigenvalue weighted by molar-refractivity contribution is 0.111. The fourth-order valence-corrected chi connectivity index (χ4v) is 2.89. The van der Waals surface area contributed by atoms with Crippen molar-refractivity contribution in [2.75, 3.05) is 0 Å². The van der Waals surface area contributed by atoms with Crippen molar-refractivity contribution < 1.29 is 13.6 Å². The molecule has 0 aliphatic heterocycles. The molecular weight excluding hydrogens is 310 g/mol. The van der Waals surface area contributed by atoms with Gasteiger partial charge in [-0.1, -0.05) is 18.2 Å². The Balaban J connectivity index is 1.79. The number of carbonyl (C=O) groups excluding carboxylic acids is 1. The standard InChI is InChI=1S/C19H16F2N2O/c20-18-15(8-9-16(12-24)19(18)21)11-23-22-10-14-6-3-5-13-4-1-2-7-17(13)14/h3,5-6,8-12H,1-2,4,7H2/b22-10+,23-11+. The van der Waals surface area contributed by atoms with Gasteiger partial charge in [0.05, 0.1) is 18.0 Å². The summed E-state index contributed by atoms with van der Waals surface area (Å²) in [4.78, 5) is 10.6. The molecule has 122 valence electrons. The normalized spacial score (nSPS) is 14.2. The third-order valence-corrected chi connectivity index (χ3v) is 4.16. The van der Waals surface area contributed by atoms with E-state index in [2.05, 4.69) is 16.3 Å². The summed E-state index contributed by atoms with van der Waals surface area (Å²) in [5.41, 5.74) is 3.27. The molecule has 0 amide bonds. The van der Waals surface area contributed by atoms with Gasteiger partial charge >= 0.3 is 0 Å². The molecule has 5 heteroatoms. The third-order valence-electron chi connectivity index (χ3n) is 4.16. The van der Waals surface area contributed by atoms with Crippen molar-refractivity contribution in [3.63, 3.8) is 0 Å². The van der Waals surface area contributed by atoms with Crippen LogP contribution in [0.25, 0.3) is 0 Å². The first kappa shape index (κ1) is 16.2. The Hall–Kier alpha value is -2.69. The van der Waals surface area contributed by atoms with Crippen LogP contribution in [0.2, 0.25) is 0 Å². The lowest BCUT2D eigenvalue weighted by atomic mass is 9.89. The molecule has 1 aliphatic rings. The highest BCUT2D eigenvalue weighted by atomic mass is 19.2. The van der Waals surface area contributed by atoms with E-state index in [-0.39, 0.29) is 17.4 Å². The van der Waals surface area contributed by atoms with Gasteiger partial charge in [0.15, 0.2) is 17.9 Å². The summed E-state index contributed by atoms with van der Waals surface area (Å²) in [6.07, 6.45) is 7.51. The molecule has 1 aliphatic carbocycles. The van der Waals surface area contributed by atoms with Crippen LogP contribution >= 0.6 is 0 Å². The van der Waals surface area contributed by atoms with Crippen molar-refractivity contribution in [3.05, 3.63) is 69.8 Å². The van der Waals surface area contributed by atoms with E-state index in [4.69, 9.17) is 0 Å². The summed E-state index contributed by atoms with van der Waals surface area (Å²) in [5, 5.41) is 7.74. The molecule has 0 spiro atoms. The lowest BCUT2D eigenvalue weighted by Gasteiger charge is -2.17. The first-order valence-corrected chi connectivity index (χ1v) is 7.81. The SMILES string of the molecule is O=Cc1ccc(/C=N/N=C/c2cccc3c2CCCC3)c(F)c1F. The fourth-order valence-electron chi connectivity index (χ4n) is 2.89. The van der Waals surface area contributed by atoms with Gasteiger partial charge in [0, 0.05) is 5.56 Å². The highest BCUT2D eigenvalue weighted by Crippen LogP contribution is 2.23. The second kappa shape index (κ2) is 7.25. The second-order valence-electron chi connectivity index (χ2n) is 5.67. The predicted octanol–water partition coefficient (Wildman–Crippen LogP) is 4.11. The number of halogens is 2. The summed E-state index contributed by atoms with van der Waals surface area (Å²) < 4.78 is 27.3. The molecule has 0 bridgehead atoms. The summed E-state index contributed by atoms with van der Waals surface area (Å²) in [7, 11) is 0. The number of aryl methyl sites for hydroxylation is 1. The summed E-state index contributed by atoms with van der Waals surface area (Å²) in [5.74, 6) is -2.27. The maximum atomic E-state index is 13.7. The Morgan fingerprint density at radius 2 is 1.50 bits per heavy atom. The molecule has 0 saturated heterocycles. The minimum Gasteiger partial charge on any atom is -0.298 e. The highest BCUT2D eigenvalue weighted by molar-refractivity contribution is 5.85. The van der Waals surface area contributed by atoms with E-state index in [1.54, 1.807) is 6.21 Å². The zero-order valence-electron chi connectivity index (χ0n) is 13.0. The maximum Gasteiger partial charge on any atom is 0.169 e. The van der Waals surface area contributed by atoms with Crippen molar-refractivity contribution in [3.8, 4) is 0 Å². The maximum absolute atomic E-state index is 13.7. The number of benzene rings is 2. The van der Waals surface area contributed by atoms with Crippen molar-refractivity contribution in [2.24, 2.45) is 10.2 Å². The highest BCUT2D eigenvalue weighted by Gasteiger charge is 2.12. The van der Waals surface area contributed by atoms with Gasteiger partial charge in [0.25, 0.3) is 0 Å². The Morgan fingerprint density at radius 3 is 2.29 bits per heavy atom. The molecule has 3 rings (SSSR count). The van der Waals surface area contributed by atoms with Gasteiger partial charge in [-0.05, 0) is 54.5 Å². The van der Waals surface area contributed by atoms with Gasteiger partial charge < -0.3 is 0 Å². The van der Waals surface area contributed by atoms with Gasteiger partial charge in [0.1, 0.15) is 0 Å². The van der Waals surface area contributed by atoms with E-state index in [0.29, 0.717) is 0 Å². The predicted molar refractivity (Wildman–Crippen MR) is 90.0 cm³/mol. The number of fused-ring (bicyclic) bond motifs is 1. The Bertz CT molecular complexity index is 828. The molecule has 0 fully saturated rings. The first-order valence-electron chi connectivity index (χ1n) is 7.81. The van der Waals surface area contributed by atoms with Crippen molar-refractivity contribution in [1.82, 2.24) is 0 Å². The van der Waals surface area contributed by atoms with Crippen LogP contribution < -0.4 is 0 Å². The second-order valence-corrected chi connectivity index (χ2v) is 5.67. The zero-order chi connectivity index (χ0) is 16.9. The van der Waals surface area contributed by atoms with Crippen molar-refractivity contribution >= 4 is 18.7 Å². The van der Waals surface area contributed by atoms with E-state index in [1.165, 1.54) is 29.7 Å². The molecule has 2 aromatic rings. The Labute approximate surface area is 138 Å². The topological polar surface area (TPSA) is 41.8 Å². The van der Waals surface area contributed by atoms with E-state index in [9.17, 15) is 13.6 Å².